The highest BCUT2D eigenvalue weighted by atomic mass is 32.1. The molecule has 0 radical (unpaired) electrons. The lowest BCUT2D eigenvalue weighted by atomic mass is 9.85. The Morgan fingerprint density at radius 3 is 2.52 bits per heavy atom. The van der Waals surface area contributed by atoms with Crippen LogP contribution in [0, 0.1) is 18.8 Å². The quantitative estimate of drug-likeness (QED) is 0.247. The highest BCUT2D eigenvalue weighted by molar-refractivity contribution is 7.20. The molecule has 2 aromatic carbocycles. The number of carbonyl (C=O) groups is 3. The minimum atomic E-state index is -0.926. The number of carbonyl (C=O) groups excluding carboxylic acids is 3. The summed E-state index contributed by atoms with van der Waals surface area (Å²) < 4.78 is 6.66. The van der Waals surface area contributed by atoms with Gasteiger partial charge in [-0.1, -0.05) is 55.3 Å². The van der Waals surface area contributed by atoms with Crippen molar-refractivity contribution >= 4 is 39.1 Å². The van der Waals surface area contributed by atoms with Gasteiger partial charge >= 0.3 is 0 Å². The Labute approximate surface area is 276 Å². The molecule has 2 unspecified atom stereocenters. The molecule has 2 aliphatic heterocycles. The lowest BCUT2D eigenvalue weighted by molar-refractivity contribution is -0.127. The lowest BCUT2D eigenvalue weighted by Crippen LogP contribution is -2.57. The molecule has 8 nitrogen and oxygen atoms in total. The van der Waals surface area contributed by atoms with Crippen LogP contribution in [0.2, 0.25) is 0 Å². The first-order valence-electron chi connectivity index (χ1n) is 17.1. The number of aryl methyl sites for hydroxylation is 1. The van der Waals surface area contributed by atoms with Gasteiger partial charge in [-0.2, -0.15) is 0 Å². The molecule has 3 fully saturated rings. The average molecular weight is 645 g/mol. The fraction of sp³-hybridized carbons (Fsp3) is 0.541. The molecule has 3 aliphatic rings. The van der Waals surface area contributed by atoms with Gasteiger partial charge in [-0.05, 0) is 92.5 Å². The van der Waals surface area contributed by atoms with Gasteiger partial charge in [0.05, 0.1) is 4.88 Å². The first kappa shape index (κ1) is 32.7. The van der Waals surface area contributed by atoms with E-state index in [-0.39, 0.29) is 30.7 Å². The van der Waals surface area contributed by atoms with Crippen LogP contribution in [-0.2, 0) is 14.3 Å². The highest BCUT2D eigenvalue weighted by Crippen LogP contribution is 2.36. The molecule has 0 spiro atoms. The van der Waals surface area contributed by atoms with Crippen LogP contribution in [0.3, 0.4) is 0 Å². The molecule has 3 amide bonds. The number of likely N-dealkylation sites (tertiary alicyclic amines) is 1. The number of hydrogen-bond acceptors (Lipinski definition) is 6. The molecular formula is C37H48N4O4S. The number of benzene rings is 2. The third-order valence-electron chi connectivity index (χ3n) is 10.2. The standard InChI is InChI=1S/C37H48N4O4S/c1-26-9-10-30-23-33(46-32(30)21-26)35(43)40-37(15-5-6-16-37)36(44)38-17-11-34(42)39-24-28-12-18-41(25-27-13-19-45-20-14-27)31(22-28)29-7-3-2-4-8-29/h2-4,7-10,21,23,27-28,31H,5-6,11-20,22,24-25H2,1H3,(H,38,44)(H,39,42)(H,40,43). The fourth-order valence-electron chi connectivity index (χ4n) is 7.50. The summed E-state index contributed by atoms with van der Waals surface area (Å²) in [4.78, 5) is 42.8. The minimum Gasteiger partial charge on any atom is -0.381 e. The summed E-state index contributed by atoms with van der Waals surface area (Å²) in [7, 11) is 0. The van der Waals surface area contributed by atoms with Crippen molar-refractivity contribution in [3.63, 3.8) is 0 Å². The normalized spacial score (nSPS) is 22.0. The highest BCUT2D eigenvalue weighted by Gasteiger charge is 2.42. The first-order valence-corrected chi connectivity index (χ1v) is 17.9. The maximum absolute atomic E-state index is 13.4. The predicted octanol–water partition coefficient (Wildman–Crippen LogP) is 5.75. The van der Waals surface area contributed by atoms with Crippen LogP contribution in [0.4, 0.5) is 0 Å². The van der Waals surface area contributed by atoms with Crippen molar-refractivity contribution in [1.29, 1.82) is 0 Å². The Kier molecular flexibility index (Phi) is 10.7. The van der Waals surface area contributed by atoms with E-state index in [1.165, 1.54) is 16.9 Å². The summed E-state index contributed by atoms with van der Waals surface area (Å²) in [6.07, 6.45) is 7.55. The Hall–Kier alpha value is -3.27. The largest absolute Gasteiger partial charge is 0.381 e. The maximum atomic E-state index is 13.4. The predicted molar refractivity (Wildman–Crippen MR) is 183 cm³/mol. The smallest absolute Gasteiger partial charge is 0.262 e. The van der Waals surface area contributed by atoms with Crippen LogP contribution in [-0.4, -0.2) is 67.6 Å². The molecule has 0 bridgehead atoms. The third kappa shape index (κ3) is 7.99. The van der Waals surface area contributed by atoms with Crippen LogP contribution < -0.4 is 16.0 Å². The summed E-state index contributed by atoms with van der Waals surface area (Å²) in [5, 5.41) is 10.2. The summed E-state index contributed by atoms with van der Waals surface area (Å²) in [6, 6.07) is 19.2. The van der Waals surface area contributed by atoms with Gasteiger partial charge in [-0.3, -0.25) is 19.3 Å². The molecule has 1 saturated carbocycles. The van der Waals surface area contributed by atoms with Crippen molar-refractivity contribution in [1.82, 2.24) is 20.9 Å². The van der Waals surface area contributed by atoms with Crippen molar-refractivity contribution in [2.75, 3.05) is 39.4 Å². The Morgan fingerprint density at radius 1 is 0.957 bits per heavy atom. The van der Waals surface area contributed by atoms with E-state index in [0.717, 1.165) is 80.5 Å². The van der Waals surface area contributed by atoms with E-state index in [4.69, 9.17) is 4.74 Å². The van der Waals surface area contributed by atoms with Crippen molar-refractivity contribution < 1.29 is 19.1 Å². The number of nitrogens with zero attached hydrogens (tertiary/aromatic N) is 1. The Balaban J connectivity index is 0.974. The van der Waals surface area contributed by atoms with Crippen LogP contribution >= 0.6 is 11.3 Å². The van der Waals surface area contributed by atoms with Gasteiger partial charge in [0.25, 0.3) is 5.91 Å². The molecule has 2 saturated heterocycles. The molecule has 3 aromatic rings. The molecule has 3 heterocycles. The molecule has 6 rings (SSSR count). The van der Waals surface area contributed by atoms with Crippen molar-refractivity contribution in [3.8, 4) is 0 Å². The van der Waals surface area contributed by atoms with Gasteiger partial charge in [0.1, 0.15) is 5.54 Å². The first-order chi connectivity index (χ1) is 22.4. The number of amides is 3. The zero-order chi connectivity index (χ0) is 31.9. The van der Waals surface area contributed by atoms with Gasteiger partial charge in [0.2, 0.25) is 11.8 Å². The zero-order valence-electron chi connectivity index (χ0n) is 27.0. The second-order valence-corrected chi connectivity index (χ2v) is 14.7. The monoisotopic (exact) mass is 644 g/mol. The molecule has 1 aromatic heterocycles. The molecule has 2 atom stereocenters. The molecule has 46 heavy (non-hydrogen) atoms. The van der Waals surface area contributed by atoms with E-state index in [9.17, 15) is 14.4 Å². The van der Waals surface area contributed by atoms with Crippen molar-refractivity contribution in [2.24, 2.45) is 11.8 Å². The van der Waals surface area contributed by atoms with Gasteiger partial charge < -0.3 is 20.7 Å². The molecule has 3 N–H and O–H groups in total. The summed E-state index contributed by atoms with van der Waals surface area (Å²) in [5.41, 5.74) is 1.58. The van der Waals surface area contributed by atoms with Gasteiger partial charge in [0.15, 0.2) is 0 Å². The van der Waals surface area contributed by atoms with Crippen molar-refractivity contribution in [2.45, 2.75) is 76.3 Å². The lowest BCUT2D eigenvalue weighted by Gasteiger charge is -2.42. The summed E-state index contributed by atoms with van der Waals surface area (Å²) in [6.45, 7) is 6.81. The minimum absolute atomic E-state index is 0.0497. The number of thiophene rings is 1. The molecule has 246 valence electrons. The number of hydrogen-bond donors (Lipinski definition) is 3. The average Bonchev–Trinajstić information content (AvgIpc) is 3.73. The SMILES string of the molecule is Cc1ccc2cc(C(=O)NC3(C(=O)NCCC(=O)NCC4CCN(CC5CCOCC5)C(c5ccccc5)C4)CCCC3)sc2c1. The fourth-order valence-corrected chi connectivity index (χ4v) is 8.55. The topological polar surface area (TPSA) is 99.8 Å². The van der Waals surface area contributed by atoms with Crippen LogP contribution in [0.15, 0.2) is 54.6 Å². The van der Waals surface area contributed by atoms with E-state index < -0.39 is 5.54 Å². The van der Waals surface area contributed by atoms with E-state index in [1.807, 2.05) is 25.1 Å². The van der Waals surface area contributed by atoms with Gasteiger partial charge in [-0.25, -0.2) is 0 Å². The number of piperidine rings is 1. The van der Waals surface area contributed by atoms with E-state index >= 15 is 0 Å². The number of ether oxygens (including phenoxy) is 1. The van der Waals surface area contributed by atoms with Gasteiger partial charge in [-0.15, -0.1) is 11.3 Å². The molecule has 9 heteroatoms. The number of nitrogens with one attached hydrogen (secondary N) is 3. The van der Waals surface area contributed by atoms with Crippen molar-refractivity contribution in [3.05, 3.63) is 70.6 Å². The summed E-state index contributed by atoms with van der Waals surface area (Å²) in [5.74, 6) is 0.644. The summed E-state index contributed by atoms with van der Waals surface area (Å²) >= 11 is 1.45. The second-order valence-electron chi connectivity index (χ2n) is 13.6. The second kappa shape index (κ2) is 15.1. The van der Waals surface area contributed by atoms with E-state index in [2.05, 4.69) is 57.2 Å². The number of fused-ring (bicyclic) bond motifs is 1. The molecule has 1 aliphatic carbocycles. The van der Waals surface area contributed by atoms with Crippen LogP contribution in [0.5, 0.6) is 0 Å². The number of rotatable bonds is 11. The van der Waals surface area contributed by atoms with Crippen LogP contribution in [0.1, 0.15) is 84.6 Å². The zero-order valence-corrected chi connectivity index (χ0v) is 27.8. The Bertz CT molecular complexity index is 1500. The maximum Gasteiger partial charge on any atom is 0.262 e. The third-order valence-corrected chi connectivity index (χ3v) is 11.3. The Morgan fingerprint density at radius 2 is 1.74 bits per heavy atom. The van der Waals surface area contributed by atoms with Crippen LogP contribution in [0.25, 0.3) is 10.1 Å². The van der Waals surface area contributed by atoms with Gasteiger partial charge in [0, 0.05) is 50.0 Å². The molecular weight excluding hydrogens is 596 g/mol. The van der Waals surface area contributed by atoms with E-state index in [0.29, 0.717) is 42.1 Å². The van der Waals surface area contributed by atoms with E-state index in [1.54, 1.807) is 0 Å².